The van der Waals surface area contributed by atoms with Crippen molar-refractivity contribution in [2.45, 2.75) is 44.9 Å². The first-order chi connectivity index (χ1) is 7.95. The number of carboxylic acid groups (broad SMARTS) is 1. The number of carbonyl (C=O) groups excluding carboxylic acids is 1. The summed E-state index contributed by atoms with van der Waals surface area (Å²) in [6.45, 7) is 4.04. The summed E-state index contributed by atoms with van der Waals surface area (Å²) >= 11 is 0. The maximum absolute atomic E-state index is 11.8. The van der Waals surface area contributed by atoms with Crippen LogP contribution in [0.2, 0.25) is 0 Å². The van der Waals surface area contributed by atoms with E-state index in [0.717, 1.165) is 0 Å². The predicted octanol–water partition coefficient (Wildman–Crippen LogP) is -0.675. The highest BCUT2D eigenvalue weighted by Crippen LogP contribution is 2.11. The van der Waals surface area contributed by atoms with Crippen molar-refractivity contribution in [1.82, 2.24) is 10.6 Å². The number of carboxylic acids is 1. The van der Waals surface area contributed by atoms with Crippen LogP contribution in [0.15, 0.2) is 0 Å². The third-order valence-corrected chi connectivity index (χ3v) is 3.20. The molecule has 98 valence electrons. The lowest BCUT2D eigenvalue weighted by atomic mass is 9.99. The Labute approximate surface area is 100 Å². The van der Waals surface area contributed by atoms with Gasteiger partial charge in [0.1, 0.15) is 6.04 Å². The zero-order valence-electron chi connectivity index (χ0n) is 10.1. The van der Waals surface area contributed by atoms with Gasteiger partial charge < -0.3 is 20.8 Å². The zero-order valence-corrected chi connectivity index (χ0v) is 10.1. The molecular formula is C11H20N2O4. The van der Waals surface area contributed by atoms with Gasteiger partial charge in [-0.05, 0) is 12.3 Å². The largest absolute Gasteiger partial charge is 0.480 e. The molecule has 1 heterocycles. The number of hydrogen-bond acceptors (Lipinski definition) is 4. The van der Waals surface area contributed by atoms with Crippen LogP contribution >= 0.6 is 0 Å². The van der Waals surface area contributed by atoms with Crippen LogP contribution in [0.1, 0.15) is 26.7 Å². The Hall–Kier alpha value is -1.14. The van der Waals surface area contributed by atoms with Crippen LogP contribution in [0.3, 0.4) is 0 Å². The lowest BCUT2D eigenvalue weighted by molar-refractivity contribution is -0.143. The molecule has 0 bridgehead atoms. The van der Waals surface area contributed by atoms with E-state index in [4.69, 9.17) is 5.11 Å². The average molecular weight is 244 g/mol. The van der Waals surface area contributed by atoms with E-state index in [2.05, 4.69) is 10.6 Å². The summed E-state index contributed by atoms with van der Waals surface area (Å²) in [7, 11) is 0. The first kappa shape index (κ1) is 13.9. The van der Waals surface area contributed by atoms with Gasteiger partial charge in [0, 0.05) is 6.54 Å². The fraction of sp³-hybridized carbons (Fsp3) is 0.818. The smallest absolute Gasteiger partial charge is 0.326 e. The molecule has 6 nitrogen and oxygen atoms in total. The minimum Gasteiger partial charge on any atom is -0.480 e. The van der Waals surface area contributed by atoms with Crippen molar-refractivity contribution in [1.29, 1.82) is 0 Å². The molecule has 0 spiro atoms. The third-order valence-electron chi connectivity index (χ3n) is 3.20. The number of carbonyl (C=O) groups is 2. The lowest BCUT2D eigenvalue weighted by Crippen LogP contribution is -2.50. The Morgan fingerprint density at radius 2 is 2.18 bits per heavy atom. The molecular weight excluding hydrogens is 224 g/mol. The van der Waals surface area contributed by atoms with E-state index in [1.807, 2.05) is 6.92 Å². The summed E-state index contributed by atoms with van der Waals surface area (Å²) in [5, 5.41) is 23.7. The maximum atomic E-state index is 11.8. The number of aliphatic carboxylic acids is 1. The van der Waals surface area contributed by atoms with Gasteiger partial charge in [0.15, 0.2) is 0 Å². The number of nitrogens with one attached hydrogen (secondary N) is 2. The molecule has 1 aliphatic heterocycles. The van der Waals surface area contributed by atoms with Crippen molar-refractivity contribution in [2.75, 3.05) is 6.54 Å². The van der Waals surface area contributed by atoms with E-state index in [-0.39, 0.29) is 11.8 Å². The molecule has 0 aliphatic carbocycles. The monoisotopic (exact) mass is 244 g/mol. The third kappa shape index (κ3) is 3.67. The second-order valence-corrected chi connectivity index (χ2v) is 4.56. The van der Waals surface area contributed by atoms with Crippen LogP contribution < -0.4 is 10.6 Å². The molecule has 17 heavy (non-hydrogen) atoms. The van der Waals surface area contributed by atoms with E-state index in [0.29, 0.717) is 19.4 Å². The van der Waals surface area contributed by atoms with Gasteiger partial charge in [-0.25, -0.2) is 4.79 Å². The fourth-order valence-electron chi connectivity index (χ4n) is 1.85. The molecule has 1 rings (SSSR count). The second-order valence-electron chi connectivity index (χ2n) is 4.56. The molecule has 1 fully saturated rings. The topological polar surface area (TPSA) is 98.7 Å². The van der Waals surface area contributed by atoms with Gasteiger partial charge >= 0.3 is 5.97 Å². The van der Waals surface area contributed by atoms with Crippen LogP contribution in [0.4, 0.5) is 0 Å². The van der Waals surface area contributed by atoms with Crippen molar-refractivity contribution < 1.29 is 19.8 Å². The summed E-state index contributed by atoms with van der Waals surface area (Å²) < 4.78 is 0. The summed E-state index contributed by atoms with van der Waals surface area (Å²) in [5.41, 5.74) is 0. The normalized spacial score (nSPS) is 27.5. The van der Waals surface area contributed by atoms with Crippen LogP contribution in [-0.4, -0.2) is 46.8 Å². The Morgan fingerprint density at radius 1 is 1.53 bits per heavy atom. The second kappa shape index (κ2) is 5.97. The van der Waals surface area contributed by atoms with Crippen molar-refractivity contribution in [3.8, 4) is 0 Å². The molecule has 6 heteroatoms. The molecule has 4 unspecified atom stereocenters. The first-order valence-corrected chi connectivity index (χ1v) is 5.90. The quantitative estimate of drug-likeness (QED) is 0.514. The van der Waals surface area contributed by atoms with Crippen molar-refractivity contribution >= 4 is 11.9 Å². The van der Waals surface area contributed by atoms with Crippen LogP contribution in [0.5, 0.6) is 0 Å². The van der Waals surface area contributed by atoms with Gasteiger partial charge in [-0.2, -0.15) is 0 Å². The number of β-amino-alcohol motifs (C(OH)–C–C–N with tert-alkyl or cyclic N) is 1. The van der Waals surface area contributed by atoms with Gasteiger partial charge in [-0.1, -0.05) is 20.3 Å². The highest BCUT2D eigenvalue weighted by molar-refractivity contribution is 5.87. The summed E-state index contributed by atoms with van der Waals surface area (Å²) in [6.07, 6.45) is 0.481. The van der Waals surface area contributed by atoms with Crippen molar-refractivity contribution in [3.63, 3.8) is 0 Å². The Balaban J connectivity index is 2.55. The fourth-order valence-corrected chi connectivity index (χ4v) is 1.85. The summed E-state index contributed by atoms with van der Waals surface area (Å²) in [4.78, 5) is 22.8. The minimum absolute atomic E-state index is 0.122. The van der Waals surface area contributed by atoms with Gasteiger partial charge in [-0.15, -0.1) is 0 Å². The molecule has 0 aromatic carbocycles. The average Bonchev–Trinajstić information content (AvgIpc) is 2.71. The number of aliphatic hydroxyl groups is 1. The van der Waals surface area contributed by atoms with Gasteiger partial charge in [0.25, 0.3) is 0 Å². The summed E-state index contributed by atoms with van der Waals surface area (Å²) in [6, 6.07) is -1.36. The Kier molecular flexibility index (Phi) is 4.89. The molecule has 4 N–H and O–H groups in total. The van der Waals surface area contributed by atoms with E-state index >= 15 is 0 Å². The van der Waals surface area contributed by atoms with E-state index in [9.17, 15) is 14.7 Å². The SMILES string of the molecule is CCC(C)C(NC(=O)C1CC(O)CN1)C(=O)O. The molecule has 4 atom stereocenters. The minimum atomic E-state index is -1.02. The van der Waals surface area contributed by atoms with Crippen LogP contribution in [0.25, 0.3) is 0 Å². The Morgan fingerprint density at radius 3 is 2.59 bits per heavy atom. The molecule has 1 aliphatic rings. The van der Waals surface area contributed by atoms with Crippen LogP contribution in [-0.2, 0) is 9.59 Å². The molecule has 0 saturated carbocycles. The zero-order chi connectivity index (χ0) is 13.0. The lowest BCUT2D eigenvalue weighted by Gasteiger charge is -2.22. The van der Waals surface area contributed by atoms with Gasteiger partial charge in [-0.3, -0.25) is 4.79 Å². The van der Waals surface area contributed by atoms with Crippen molar-refractivity contribution in [3.05, 3.63) is 0 Å². The highest BCUT2D eigenvalue weighted by Gasteiger charge is 2.32. The van der Waals surface area contributed by atoms with E-state index in [1.165, 1.54) is 0 Å². The molecule has 0 aromatic heterocycles. The first-order valence-electron chi connectivity index (χ1n) is 5.90. The molecule has 1 amide bonds. The highest BCUT2D eigenvalue weighted by atomic mass is 16.4. The molecule has 0 aromatic rings. The predicted molar refractivity (Wildman–Crippen MR) is 61.4 cm³/mol. The van der Waals surface area contributed by atoms with E-state index < -0.39 is 24.2 Å². The van der Waals surface area contributed by atoms with E-state index in [1.54, 1.807) is 6.92 Å². The molecule has 1 saturated heterocycles. The van der Waals surface area contributed by atoms with Crippen LogP contribution in [0, 0.1) is 5.92 Å². The number of rotatable bonds is 5. The molecule has 0 radical (unpaired) electrons. The number of hydrogen-bond donors (Lipinski definition) is 4. The summed E-state index contributed by atoms with van der Waals surface area (Å²) in [5.74, 6) is -1.50. The maximum Gasteiger partial charge on any atom is 0.326 e. The van der Waals surface area contributed by atoms with Gasteiger partial charge in [0.05, 0.1) is 12.1 Å². The standard InChI is InChI=1S/C11H20N2O4/c1-3-6(2)9(11(16)17)13-10(15)8-4-7(14)5-12-8/h6-9,12,14H,3-5H2,1-2H3,(H,13,15)(H,16,17). The van der Waals surface area contributed by atoms with Crippen molar-refractivity contribution in [2.24, 2.45) is 5.92 Å². The van der Waals surface area contributed by atoms with Gasteiger partial charge in [0.2, 0.25) is 5.91 Å². The Bertz CT molecular complexity index is 295. The number of aliphatic hydroxyl groups excluding tert-OH is 1. The number of amides is 1.